The molecule has 1 unspecified atom stereocenters. The summed E-state index contributed by atoms with van der Waals surface area (Å²) in [6.07, 6.45) is 2.68. The van der Waals surface area contributed by atoms with Gasteiger partial charge in [0, 0.05) is 12.5 Å². The first-order valence-electron chi connectivity index (χ1n) is 4.72. The second kappa shape index (κ2) is 4.21. The molecule has 2 N–H and O–H groups in total. The van der Waals surface area contributed by atoms with Crippen LogP contribution in [0.1, 0.15) is 33.1 Å². The highest BCUT2D eigenvalue weighted by atomic mass is 16.7. The van der Waals surface area contributed by atoms with Gasteiger partial charge in [-0.05, 0) is 19.8 Å². The highest BCUT2D eigenvalue weighted by molar-refractivity contribution is 4.75. The van der Waals surface area contributed by atoms with Crippen LogP contribution < -0.4 is 5.73 Å². The van der Waals surface area contributed by atoms with Crippen molar-refractivity contribution in [1.82, 2.24) is 0 Å². The molecule has 1 rings (SSSR count). The Kier molecular flexibility index (Phi) is 3.50. The van der Waals surface area contributed by atoms with Crippen molar-refractivity contribution in [2.75, 3.05) is 13.2 Å². The summed E-state index contributed by atoms with van der Waals surface area (Å²) in [5.74, 6) is -0.383. The maximum Gasteiger partial charge on any atom is 0.169 e. The zero-order valence-electron chi connectivity index (χ0n) is 8.01. The van der Waals surface area contributed by atoms with Crippen molar-refractivity contribution in [1.29, 1.82) is 0 Å². The second-order valence-corrected chi connectivity index (χ2v) is 3.50. The maximum atomic E-state index is 5.72. The highest BCUT2D eigenvalue weighted by Crippen LogP contribution is 2.27. The van der Waals surface area contributed by atoms with Gasteiger partial charge in [-0.2, -0.15) is 0 Å². The van der Waals surface area contributed by atoms with Gasteiger partial charge in [-0.3, -0.25) is 0 Å². The van der Waals surface area contributed by atoms with Crippen LogP contribution in [0.2, 0.25) is 0 Å². The van der Waals surface area contributed by atoms with Gasteiger partial charge in [0.05, 0.1) is 13.2 Å². The van der Waals surface area contributed by atoms with Crippen LogP contribution in [0.15, 0.2) is 0 Å². The van der Waals surface area contributed by atoms with Crippen LogP contribution in [0.5, 0.6) is 0 Å². The number of hydrogen-bond acceptors (Lipinski definition) is 3. The quantitative estimate of drug-likeness (QED) is 0.699. The number of ether oxygens (including phenoxy) is 2. The standard InChI is InChI=1S/C9H19NO2/c1-3-9(7-8(2)10)11-5-4-6-12-9/h8H,3-7,10H2,1-2H3. The van der Waals surface area contributed by atoms with Crippen LogP contribution in [0.4, 0.5) is 0 Å². The Bertz CT molecular complexity index is 130. The third-order valence-electron chi connectivity index (χ3n) is 2.19. The van der Waals surface area contributed by atoms with Gasteiger partial charge in [0.15, 0.2) is 5.79 Å². The van der Waals surface area contributed by atoms with E-state index in [-0.39, 0.29) is 11.8 Å². The van der Waals surface area contributed by atoms with Gasteiger partial charge in [0.1, 0.15) is 0 Å². The lowest BCUT2D eigenvalue weighted by molar-refractivity contribution is -0.272. The molecule has 1 fully saturated rings. The van der Waals surface area contributed by atoms with Crippen LogP contribution in [-0.4, -0.2) is 25.0 Å². The lowest BCUT2D eigenvalue weighted by Gasteiger charge is -2.37. The zero-order chi connectivity index (χ0) is 9.03. The minimum Gasteiger partial charge on any atom is -0.350 e. The molecule has 12 heavy (non-hydrogen) atoms. The van der Waals surface area contributed by atoms with E-state index in [1.807, 2.05) is 6.92 Å². The average molecular weight is 173 g/mol. The summed E-state index contributed by atoms with van der Waals surface area (Å²) in [7, 11) is 0. The summed E-state index contributed by atoms with van der Waals surface area (Å²) < 4.78 is 11.2. The largest absolute Gasteiger partial charge is 0.350 e. The molecule has 1 heterocycles. The van der Waals surface area contributed by atoms with E-state index in [9.17, 15) is 0 Å². The van der Waals surface area contributed by atoms with Crippen molar-refractivity contribution >= 4 is 0 Å². The SMILES string of the molecule is CCC1(CC(C)N)OCCCO1. The Hall–Kier alpha value is -0.120. The van der Waals surface area contributed by atoms with E-state index in [2.05, 4.69) is 6.92 Å². The zero-order valence-corrected chi connectivity index (χ0v) is 8.01. The van der Waals surface area contributed by atoms with E-state index in [4.69, 9.17) is 15.2 Å². The Morgan fingerprint density at radius 2 is 2.00 bits per heavy atom. The molecule has 0 aromatic heterocycles. The molecule has 0 aliphatic carbocycles. The maximum absolute atomic E-state index is 5.72. The molecule has 0 aromatic carbocycles. The fourth-order valence-electron chi connectivity index (χ4n) is 1.57. The first-order valence-corrected chi connectivity index (χ1v) is 4.72. The molecule has 0 radical (unpaired) electrons. The first kappa shape index (κ1) is 9.96. The molecule has 1 aliphatic rings. The van der Waals surface area contributed by atoms with Gasteiger partial charge in [-0.25, -0.2) is 0 Å². The van der Waals surface area contributed by atoms with Crippen LogP contribution in [0.25, 0.3) is 0 Å². The monoisotopic (exact) mass is 173 g/mol. The third-order valence-corrected chi connectivity index (χ3v) is 2.19. The van der Waals surface area contributed by atoms with Crippen molar-refractivity contribution in [2.45, 2.75) is 44.9 Å². The molecule has 0 saturated carbocycles. The molecule has 1 atom stereocenters. The van der Waals surface area contributed by atoms with Crippen molar-refractivity contribution in [3.05, 3.63) is 0 Å². The van der Waals surface area contributed by atoms with E-state index >= 15 is 0 Å². The normalized spacial score (nSPS) is 25.2. The fraction of sp³-hybridized carbons (Fsp3) is 1.00. The van der Waals surface area contributed by atoms with Crippen molar-refractivity contribution < 1.29 is 9.47 Å². The molecule has 3 heteroatoms. The van der Waals surface area contributed by atoms with E-state index in [0.717, 1.165) is 32.5 Å². The summed E-state index contributed by atoms with van der Waals surface area (Å²) >= 11 is 0. The lowest BCUT2D eigenvalue weighted by atomic mass is 10.0. The first-order chi connectivity index (χ1) is 5.68. The second-order valence-electron chi connectivity index (χ2n) is 3.50. The molecule has 0 amide bonds. The van der Waals surface area contributed by atoms with Crippen molar-refractivity contribution in [3.8, 4) is 0 Å². The minimum absolute atomic E-state index is 0.142. The summed E-state index contributed by atoms with van der Waals surface area (Å²) in [5.41, 5.74) is 5.72. The van der Waals surface area contributed by atoms with E-state index in [1.54, 1.807) is 0 Å². The molecule has 0 bridgehead atoms. The van der Waals surface area contributed by atoms with E-state index in [0.29, 0.717) is 0 Å². The summed E-state index contributed by atoms with van der Waals surface area (Å²) in [4.78, 5) is 0. The van der Waals surface area contributed by atoms with E-state index in [1.165, 1.54) is 0 Å². The molecular weight excluding hydrogens is 154 g/mol. The van der Waals surface area contributed by atoms with Crippen LogP contribution in [-0.2, 0) is 9.47 Å². The smallest absolute Gasteiger partial charge is 0.169 e. The van der Waals surface area contributed by atoms with Crippen LogP contribution in [0.3, 0.4) is 0 Å². The average Bonchev–Trinajstić information content (AvgIpc) is 2.05. The molecule has 72 valence electrons. The van der Waals surface area contributed by atoms with Crippen LogP contribution in [0, 0.1) is 0 Å². The topological polar surface area (TPSA) is 44.5 Å². The summed E-state index contributed by atoms with van der Waals surface area (Å²) in [5, 5.41) is 0. The van der Waals surface area contributed by atoms with Gasteiger partial charge < -0.3 is 15.2 Å². The highest BCUT2D eigenvalue weighted by Gasteiger charge is 2.33. The molecule has 0 spiro atoms. The predicted molar refractivity (Wildman–Crippen MR) is 47.8 cm³/mol. The van der Waals surface area contributed by atoms with E-state index < -0.39 is 0 Å². The lowest BCUT2D eigenvalue weighted by Crippen LogP contribution is -2.44. The number of nitrogens with two attached hydrogens (primary N) is 1. The molecule has 3 nitrogen and oxygen atoms in total. The van der Waals surface area contributed by atoms with Gasteiger partial charge in [0.25, 0.3) is 0 Å². The molecule has 1 saturated heterocycles. The van der Waals surface area contributed by atoms with Crippen molar-refractivity contribution in [2.24, 2.45) is 5.73 Å². The molecule has 0 aromatic rings. The van der Waals surface area contributed by atoms with Gasteiger partial charge in [-0.15, -0.1) is 0 Å². The predicted octanol–water partition coefficient (Wildman–Crippen LogP) is 1.27. The number of hydrogen-bond donors (Lipinski definition) is 1. The van der Waals surface area contributed by atoms with Crippen molar-refractivity contribution in [3.63, 3.8) is 0 Å². The van der Waals surface area contributed by atoms with Crippen LogP contribution >= 0.6 is 0 Å². The Balaban J connectivity index is 2.48. The van der Waals surface area contributed by atoms with Gasteiger partial charge in [-0.1, -0.05) is 6.92 Å². The molecule has 1 aliphatic heterocycles. The Labute approximate surface area is 74.2 Å². The minimum atomic E-state index is -0.383. The summed E-state index contributed by atoms with van der Waals surface area (Å²) in [6, 6.07) is 0.142. The Morgan fingerprint density at radius 1 is 1.42 bits per heavy atom. The fourth-order valence-corrected chi connectivity index (χ4v) is 1.57. The summed E-state index contributed by atoms with van der Waals surface area (Å²) in [6.45, 7) is 5.67. The Morgan fingerprint density at radius 3 is 2.42 bits per heavy atom. The number of rotatable bonds is 3. The third kappa shape index (κ3) is 2.44. The molecular formula is C9H19NO2. The van der Waals surface area contributed by atoms with Gasteiger partial charge in [0.2, 0.25) is 0 Å². The van der Waals surface area contributed by atoms with Gasteiger partial charge >= 0.3 is 0 Å².